The van der Waals surface area contributed by atoms with E-state index in [1.54, 1.807) is 4.90 Å². The van der Waals surface area contributed by atoms with Crippen molar-refractivity contribution in [3.05, 3.63) is 23.9 Å². The number of carbonyl (C=O) groups is 1. The monoisotopic (exact) mass is 395 g/mol. The summed E-state index contributed by atoms with van der Waals surface area (Å²) in [4.78, 5) is 19.9. The summed E-state index contributed by atoms with van der Waals surface area (Å²) < 4.78 is 38.0. The molecule has 2 aliphatic rings. The molecule has 0 bridgehead atoms. The van der Waals surface area contributed by atoms with Crippen LogP contribution in [0.3, 0.4) is 0 Å². The lowest BCUT2D eigenvalue weighted by atomic mass is 9.89. The van der Waals surface area contributed by atoms with Gasteiger partial charge in [-0.05, 0) is 44.7 Å². The highest BCUT2D eigenvalue weighted by atomic mass is 19.4. The second kappa shape index (κ2) is 7.95. The number of rotatable bonds is 4. The minimum absolute atomic E-state index is 0.0582. The molecule has 28 heavy (non-hydrogen) atoms. The van der Waals surface area contributed by atoms with Crippen LogP contribution < -0.4 is 10.2 Å². The van der Waals surface area contributed by atoms with Crippen LogP contribution in [0.4, 0.5) is 19.0 Å². The van der Waals surface area contributed by atoms with Crippen LogP contribution in [0.5, 0.6) is 0 Å². The van der Waals surface area contributed by atoms with Gasteiger partial charge in [0.25, 0.3) is 0 Å². The third kappa shape index (κ3) is 4.55. The highest BCUT2D eigenvalue weighted by Crippen LogP contribution is 2.30. The van der Waals surface area contributed by atoms with E-state index >= 15 is 0 Å². The molecule has 3 rings (SSSR count). The predicted octanol–water partition coefficient (Wildman–Crippen LogP) is 2.56. The van der Waals surface area contributed by atoms with Gasteiger partial charge in [-0.1, -0.05) is 0 Å². The smallest absolute Gasteiger partial charge is 0.356 e. The number of halogens is 3. The number of amides is 1. The van der Waals surface area contributed by atoms with Gasteiger partial charge < -0.3 is 15.1 Å². The molecule has 0 aromatic carbocycles. The molecule has 2 fully saturated rings. The van der Waals surface area contributed by atoms with Crippen LogP contribution in [0.25, 0.3) is 0 Å². The molecule has 0 radical (unpaired) electrons. The van der Waals surface area contributed by atoms with Gasteiger partial charge in [-0.2, -0.15) is 18.4 Å². The SMILES string of the molecule is CC1(NCC(=O)N2CCC[C@H]2C#N)CCN(c2ccc(C(F)(F)F)cn2)CC1. The van der Waals surface area contributed by atoms with Gasteiger partial charge in [0.05, 0.1) is 18.2 Å². The normalized spacial score (nSPS) is 22.2. The van der Waals surface area contributed by atoms with E-state index in [1.807, 2.05) is 11.8 Å². The summed E-state index contributed by atoms with van der Waals surface area (Å²) >= 11 is 0. The molecule has 2 aliphatic heterocycles. The number of nitrogens with one attached hydrogen (secondary N) is 1. The summed E-state index contributed by atoms with van der Waals surface area (Å²) in [6, 6.07) is 4.30. The zero-order valence-corrected chi connectivity index (χ0v) is 15.8. The maximum Gasteiger partial charge on any atom is 0.417 e. The number of alkyl halides is 3. The number of nitriles is 1. The third-order valence-corrected chi connectivity index (χ3v) is 5.65. The van der Waals surface area contributed by atoms with E-state index < -0.39 is 11.7 Å². The minimum atomic E-state index is -4.39. The molecule has 0 saturated carbocycles. The van der Waals surface area contributed by atoms with Gasteiger partial charge in [0.15, 0.2) is 0 Å². The van der Waals surface area contributed by atoms with Gasteiger partial charge in [-0.25, -0.2) is 4.98 Å². The Balaban J connectivity index is 1.51. The Bertz CT molecular complexity index is 735. The number of hydrogen-bond acceptors (Lipinski definition) is 5. The van der Waals surface area contributed by atoms with Crippen molar-refractivity contribution >= 4 is 11.7 Å². The van der Waals surface area contributed by atoms with Crippen LogP contribution >= 0.6 is 0 Å². The minimum Gasteiger partial charge on any atom is -0.356 e. The van der Waals surface area contributed by atoms with Crippen molar-refractivity contribution in [1.82, 2.24) is 15.2 Å². The Hall–Kier alpha value is -2.34. The van der Waals surface area contributed by atoms with Crippen LogP contribution in [0.2, 0.25) is 0 Å². The number of piperidine rings is 1. The van der Waals surface area contributed by atoms with Crippen molar-refractivity contribution in [2.45, 2.75) is 50.4 Å². The number of likely N-dealkylation sites (tertiary alicyclic amines) is 1. The summed E-state index contributed by atoms with van der Waals surface area (Å²) in [5.41, 5.74) is -0.990. The first-order valence-electron chi connectivity index (χ1n) is 9.44. The zero-order chi connectivity index (χ0) is 20.4. The number of hydrogen-bond donors (Lipinski definition) is 1. The fraction of sp³-hybridized carbons (Fsp3) is 0.632. The molecular formula is C19H24F3N5O. The lowest BCUT2D eigenvalue weighted by Gasteiger charge is -2.40. The molecule has 9 heteroatoms. The molecule has 1 aromatic heterocycles. The molecule has 0 unspecified atom stereocenters. The lowest BCUT2D eigenvalue weighted by molar-refractivity contribution is -0.137. The van der Waals surface area contributed by atoms with Crippen LogP contribution in [-0.2, 0) is 11.0 Å². The van der Waals surface area contributed by atoms with Crippen molar-refractivity contribution < 1.29 is 18.0 Å². The molecule has 6 nitrogen and oxygen atoms in total. The Morgan fingerprint density at radius 3 is 2.64 bits per heavy atom. The Morgan fingerprint density at radius 2 is 2.07 bits per heavy atom. The van der Waals surface area contributed by atoms with Crippen LogP contribution in [0, 0.1) is 11.3 Å². The van der Waals surface area contributed by atoms with E-state index in [0.717, 1.165) is 37.9 Å². The highest BCUT2D eigenvalue weighted by molar-refractivity contribution is 5.79. The third-order valence-electron chi connectivity index (χ3n) is 5.65. The maximum atomic E-state index is 12.7. The second-order valence-electron chi connectivity index (χ2n) is 7.68. The number of aromatic nitrogens is 1. The largest absolute Gasteiger partial charge is 0.417 e. The first kappa shape index (κ1) is 20.4. The average Bonchev–Trinajstić information content (AvgIpc) is 3.15. The van der Waals surface area contributed by atoms with Gasteiger partial charge in [-0.15, -0.1) is 0 Å². The van der Waals surface area contributed by atoms with Crippen molar-refractivity contribution in [1.29, 1.82) is 5.26 Å². The van der Waals surface area contributed by atoms with Gasteiger partial charge in [0, 0.05) is 31.4 Å². The van der Waals surface area contributed by atoms with E-state index in [0.29, 0.717) is 25.5 Å². The quantitative estimate of drug-likeness (QED) is 0.848. The number of nitrogens with zero attached hydrogens (tertiary/aromatic N) is 4. The van der Waals surface area contributed by atoms with Gasteiger partial charge in [0.2, 0.25) is 5.91 Å². The van der Waals surface area contributed by atoms with Gasteiger partial charge >= 0.3 is 6.18 Å². The first-order chi connectivity index (χ1) is 13.2. The summed E-state index contributed by atoms with van der Waals surface area (Å²) in [6.07, 6.45) is -0.454. The molecule has 152 valence electrons. The fourth-order valence-corrected chi connectivity index (χ4v) is 3.74. The van der Waals surface area contributed by atoms with E-state index in [9.17, 15) is 18.0 Å². The molecule has 3 heterocycles. The molecule has 0 aliphatic carbocycles. The average molecular weight is 395 g/mol. The molecule has 0 spiro atoms. The lowest BCUT2D eigenvalue weighted by Crippen LogP contribution is -2.54. The number of pyridine rings is 1. The summed E-state index contributed by atoms with van der Waals surface area (Å²) in [6.45, 7) is 4.14. The number of carbonyl (C=O) groups excluding carboxylic acids is 1. The van der Waals surface area contributed by atoms with E-state index in [1.165, 1.54) is 6.07 Å². The molecule has 2 saturated heterocycles. The van der Waals surface area contributed by atoms with Crippen molar-refractivity contribution in [2.24, 2.45) is 0 Å². The van der Waals surface area contributed by atoms with Gasteiger partial charge in [0.1, 0.15) is 11.9 Å². The standard InChI is InChI=1S/C19H24F3N5O/c1-18(25-13-17(28)27-8-2-3-15(27)11-23)6-9-26(10-7-18)16-5-4-14(12-24-16)19(20,21)22/h4-5,12,15,25H,2-3,6-10,13H2,1H3/t15-/m0/s1. The second-order valence-corrected chi connectivity index (χ2v) is 7.68. The van der Waals surface area contributed by atoms with Crippen molar-refractivity contribution in [2.75, 3.05) is 31.1 Å². The summed E-state index contributed by atoms with van der Waals surface area (Å²) in [7, 11) is 0. The van der Waals surface area contributed by atoms with E-state index in [-0.39, 0.29) is 24.0 Å². The van der Waals surface area contributed by atoms with Crippen LogP contribution in [0.15, 0.2) is 18.3 Å². The maximum absolute atomic E-state index is 12.7. The highest BCUT2D eigenvalue weighted by Gasteiger charge is 2.34. The summed E-state index contributed by atoms with van der Waals surface area (Å²) in [5, 5.41) is 12.4. The van der Waals surface area contributed by atoms with E-state index in [4.69, 9.17) is 5.26 Å². The topological polar surface area (TPSA) is 72.3 Å². The molecule has 1 N–H and O–H groups in total. The van der Waals surface area contributed by atoms with Crippen molar-refractivity contribution in [3.8, 4) is 6.07 Å². The number of anilines is 1. The fourth-order valence-electron chi connectivity index (χ4n) is 3.74. The zero-order valence-electron chi connectivity index (χ0n) is 15.8. The molecule has 1 aromatic rings. The molecule has 1 atom stereocenters. The Kier molecular flexibility index (Phi) is 5.79. The van der Waals surface area contributed by atoms with Crippen molar-refractivity contribution in [3.63, 3.8) is 0 Å². The Morgan fingerprint density at radius 1 is 1.36 bits per heavy atom. The van der Waals surface area contributed by atoms with E-state index in [2.05, 4.69) is 16.4 Å². The van der Waals surface area contributed by atoms with Crippen LogP contribution in [-0.4, -0.2) is 53.6 Å². The first-order valence-corrected chi connectivity index (χ1v) is 9.44. The molecular weight excluding hydrogens is 371 g/mol. The van der Waals surface area contributed by atoms with Gasteiger partial charge in [-0.3, -0.25) is 4.79 Å². The summed E-state index contributed by atoms with van der Waals surface area (Å²) in [5.74, 6) is 0.470. The molecule has 1 amide bonds. The van der Waals surface area contributed by atoms with Crippen LogP contribution in [0.1, 0.15) is 38.2 Å². The predicted molar refractivity (Wildman–Crippen MR) is 97.4 cm³/mol. The Labute approximate surface area is 162 Å².